The summed E-state index contributed by atoms with van der Waals surface area (Å²) in [6.07, 6.45) is 1.24. The first-order valence-electron chi connectivity index (χ1n) is 5.98. The number of carbonyl (C=O) groups excluding carboxylic acids is 1. The van der Waals surface area contributed by atoms with E-state index >= 15 is 0 Å². The molecule has 0 spiro atoms. The van der Waals surface area contributed by atoms with Gasteiger partial charge in [0.1, 0.15) is 0 Å². The van der Waals surface area contributed by atoms with Crippen LogP contribution < -0.4 is 11.1 Å². The lowest BCUT2D eigenvalue weighted by Gasteiger charge is -2.13. The van der Waals surface area contributed by atoms with Crippen LogP contribution in [0.25, 0.3) is 0 Å². The van der Waals surface area contributed by atoms with E-state index in [1.807, 2.05) is 6.92 Å². The zero-order valence-electron chi connectivity index (χ0n) is 10.6. The first-order chi connectivity index (χ1) is 8.90. The third-order valence-corrected chi connectivity index (χ3v) is 3.01. The molecular weight excluding hydrogens is 268 g/mol. The molecule has 5 nitrogen and oxygen atoms in total. The van der Waals surface area contributed by atoms with E-state index in [9.17, 15) is 9.59 Å². The molecule has 0 aromatic heterocycles. The molecule has 0 radical (unpaired) electrons. The molecule has 0 fully saturated rings. The van der Waals surface area contributed by atoms with Gasteiger partial charge in [0.15, 0.2) is 0 Å². The Morgan fingerprint density at radius 3 is 2.74 bits per heavy atom. The first kappa shape index (κ1) is 15.3. The van der Waals surface area contributed by atoms with Crippen molar-refractivity contribution in [2.75, 3.05) is 5.73 Å². The van der Waals surface area contributed by atoms with Crippen molar-refractivity contribution in [3.63, 3.8) is 0 Å². The molecule has 19 heavy (non-hydrogen) atoms. The summed E-state index contributed by atoms with van der Waals surface area (Å²) in [5.41, 5.74) is 6.42. The fourth-order valence-electron chi connectivity index (χ4n) is 1.62. The molecule has 104 valence electrons. The standard InChI is InChI=1S/C13H17ClN2O3/c1-8(3-2-4-12(17)18)16-13(19)9-5-6-10(14)11(15)7-9/h5-8H,2-4,15H2,1H3,(H,16,19)(H,17,18). The second-order valence-electron chi connectivity index (χ2n) is 4.40. The zero-order chi connectivity index (χ0) is 14.4. The Morgan fingerprint density at radius 2 is 2.16 bits per heavy atom. The second-order valence-corrected chi connectivity index (χ2v) is 4.80. The van der Waals surface area contributed by atoms with E-state index in [0.717, 1.165) is 0 Å². The summed E-state index contributed by atoms with van der Waals surface area (Å²) in [6.45, 7) is 1.83. The molecule has 0 bridgehead atoms. The minimum atomic E-state index is -0.830. The minimum Gasteiger partial charge on any atom is -0.481 e. The van der Waals surface area contributed by atoms with E-state index < -0.39 is 5.97 Å². The van der Waals surface area contributed by atoms with Gasteiger partial charge in [0, 0.05) is 18.0 Å². The maximum Gasteiger partial charge on any atom is 0.303 e. The van der Waals surface area contributed by atoms with E-state index in [0.29, 0.717) is 29.1 Å². The fourth-order valence-corrected chi connectivity index (χ4v) is 1.74. The highest BCUT2D eigenvalue weighted by atomic mass is 35.5. The quantitative estimate of drug-likeness (QED) is 0.699. The maximum atomic E-state index is 11.9. The Morgan fingerprint density at radius 1 is 1.47 bits per heavy atom. The van der Waals surface area contributed by atoms with Crippen LogP contribution in [0.5, 0.6) is 0 Å². The van der Waals surface area contributed by atoms with Crippen LogP contribution in [-0.2, 0) is 4.79 Å². The summed E-state index contributed by atoms with van der Waals surface area (Å²) in [6, 6.07) is 4.59. The van der Waals surface area contributed by atoms with Crippen molar-refractivity contribution in [1.29, 1.82) is 0 Å². The van der Waals surface area contributed by atoms with Gasteiger partial charge < -0.3 is 16.2 Å². The topological polar surface area (TPSA) is 92.4 Å². The molecule has 0 saturated heterocycles. The predicted molar refractivity (Wildman–Crippen MR) is 74.3 cm³/mol. The monoisotopic (exact) mass is 284 g/mol. The van der Waals surface area contributed by atoms with Gasteiger partial charge in [-0.25, -0.2) is 0 Å². The molecule has 0 saturated carbocycles. The van der Waals surface area contributed by atoms with E-state index in [2.05, 4.69) is 5.32 Å². The van der Waals surface area contributed by atoms with Crippen molar-refractivity contribution in [3.8, 4) is 0 Å². The van der Waals surface area contributed by atoms with Crippen molar-refractivity contribution < 1.29 is 14.7 Å². The largest absolute Gasteiger partial charge is 0.481 e. The van der Waals surface area contributed by atoms with Gasteiger partial charge in [-0.15, -0.1) is 0 Å². The lowest BCUT2D eigenvalue weighted by molar-refractivity contribution is -0.137. The lowest BCUT2D eigenvalue weighted by atomic mass is 10.1. The van der Waals surface area contributed by atoms with Crippen molar-refractivity contribution in [3.05, 3.63) is 28.8 Å². The number of amides is 1. The SMILES string of the molecule is CC(CCCC(=O)O)NC(=O)c1ccc(Cl)c(N)c1. The molecule has 6 heteroatoms. The van der Waals surface area contributed by atoms with Gasteiger partial charge in [0.05, 0.1) is 10.7 Å². The molecular formula is C13H17ClN2O3. The average molecular weight is 285 g/mol. The number of benzene rings is 1. The number of hydrogen-bond acceptors (Lipinski definition) is 3. The van der Waals surface area contributed by atoms with Crippen molar-refractivity contribution >= 4 is 29.2 Å². The lowest BCUT2D eigenvalue weighted by Crippen LogP contribution is -2.32. The maximum absolute atomic E-state index is 11.9. The van der Waals surface area contributed by atoms with Crippen LogP contribution >= 0.6 is 11.6 Å². The summed E-state index contributed by atoms with van der Waals surface area (Å²) in [5.74, 6) is -1.07. The zero-order valence-corrected chi connectivity index (χ0v) is 11.4. The highest BCUT2D eigenvalue weighted by molar-refractivity contribution is 6.33. The van der Waals surface area contributed by atoms with Crippen LogP contribution in [0.3, 0.4) is 0 Å². The number of halogens is 1. The molecule has 0 aliphatic heterocycles. The summed E-state index contributed by atoms with van der Waals surface area (Å²) in [4.78, 5) is 22.3. The Labute approximate surface area is 116 Å². The summed E-state index contributed by atoms with van der Waals surface area (Å²) < 4.78 is 0. The van der Waals surface area contributed by atoms with Crippen LogP contribution in [0.2, 0.25) is 5.02 Å². The number of carbonyl (C=O) groups is 2. The molecule has 1 amide bonds. The number of carboxylic acids is 1. The number of nitrogen functional groups attached to an aromatic ring is 1. The molecule has 1 aromatic carbocycles. The Kier molecular flexibility index (Phi) is 5.63. The van der Waals surface area contributed by atoms with Gasteiger partial charge in [-0.1, -0.05) is 11.6 Å². The van der Waals surface area contributed by atoms with Gasteiger partial charge in [-0.3, -0.25) is 9.59 Å². The number of anilines is 1. The third kappa shape index (κ3) is 5.18. The molecule has 0 aliphatic rings. The van der Waals surface area contributed by atoms with Crippen LogP contribution in [0, 0.1) is 0 Å². The molecule has 1 unspecified atom stereocenters. The Hall–Kier alpha value is -1.75. The van der Waals surface area contributed by atoms with Crippen molar-refractivity contribution in [2.24, 2.45) is 0 Å². The normalized spacial score (nSPS) is 11.9. The highest BCUT2D eigenvalue weighted by Crippen LogP contribution is 2.19. The second kappa shape index (κ2) is 6.99. The number of nitrogens with one attached hydrogen (secondary N) is 1. The molecule has 0 aliphatic carbocycles. The van der Waals surface area contributed by atoms with Gasteiger partial charge in [-0.2, -0.15) is 0 Å². The number of rotatable bonds is 6. The van der Waals surface area contributed by atoms with Gasteiger partial charge in [0.2, 0.25) is 0 Å². The predicted octanol–water partition coefficient (Wildman–Crippen LogP) is 2.30. The summed E-state index contributed by atoms with van der Waals surface area (Å²) in [5, 5.41) is 11.7. The minimum absolute atomic E-state index is 0.0937. The van der Waals surface area contributed by atoms with E-state index in [1.165, 1.54) is 6.07 Å². The Balaban J connectivity index is 2.49. The van der Waals surface area contributed by atoms with Crippen LogP contribution in [0.4, 0.5) is 5.69 Å². The van der Waals surface area contributed by atoms with Gasteiger partial charge in [0.25, 0.3) is 5.91 Å². The number of aliphatic carboxylic acids is 1. The molecule has 4 N–H and O–H groups in total. The average Bonchev–Trinajstić information content (AvgIpc) is 2.32. The highest BCUT2D eigenvalue weighted by Gasteiger charge is 2.11. The van der Waals surface area contributed by atoms with Crippen LogP contribution in [0.1, 0.15) is 36.5 Å². The summed E-state index contributed by atoms with van der Waals surface area (Å²) in [7, 11) is 0. The van der Waals surface area contributed by atoms with Crippen LogP contribution in [-0.4, -0.2) is 23.0 Å². The number of hydrogen-bond donors (Lipinski definition) is 3. The Bertz CT molecular complexity index is 477. The van der Waals surface area contributed by atoms with Crippen LogP contribution in [0.15, 0.2) is 18.2 Å². The number of nitrogens with two attached hydrogens (primary N) is 1. The smallest absolute Gasteiger partial charge is 0.303 e. The third-order valence-electron chi connectivity index (χ3n) is 2.66. The molecule has 1 rings (SSSR count). The van der Waals surface area contributed by atoms with Gasteiger partial charge >= 0.3 is 5.97 Å². The molecule has 1 aromatic rings. The van der Waals surface area contributed by atoms with Gasteiger partial charge in [-0.05, 0) is 38.0 Å². The van der Waals surface area contributed by atoms with E-state index in [-0.39, 0.29) is 18.4 Å². The number of carboxylic acid groups (broad SMARTS) is 1. The first-order valence-corrected chi connectivity index (χ1v) is 6.35. The summed E-state index contributed by atoms with van der Waals surface area (Å²) >= 11 is 5.78. The molecule has 1 atom stereocenters. The fraction of sp³-hybridized carbons (Fsp3) is 0.385. The van der Waals surface area contributed by atoms with Crippen molar-refractivity contribution in [2.45, 2.75) is 32.2 Å². The van der Waals surface area contributed by atoms with E-state index in [1.54, 1.807) is 12.1 Å². The molecule has 0 heterocycles. The van der Waals surface area contributed by atoms with Crippen molar-refractivity contribution in [1.82, 2.24) is 5.32 Å². The van der Waals surface area contributed by atoms with E-state index in [4.69, 9.17) is 22.4 Å².